The van der Waals surface area contributed by atoms with Crippen molar-refractivity contribution in [3.63, 3.8) is 0 Å². The molecule has 6 heteroatoms. The number of hydrogen-bond donors (Lipinski definition) is 3. The molecule has 0 amide bonds. The van der Waals surface area contributed by atoms with Gasteiger partial charge in [-0.05, 0) is 87.0 Å². The van der Waals surface area contributed by atoms with Crippen LogP contribution in [-0.4, -0.2) is 26.1 Å². The van der Waals surface area contributed by atoms with Crippen LogP contribution in [0.15, 0.2) is 47.4 Å². The Labute approximate surface area is 168 Å². The summed E-state index contributed by atoms with van der Waals surface area (Å²) in [5.74, 6) is 0. The molecule has 2 aromatic carbocycles. The number of anilines is 1. The second-order valence-electron chi connectivity index (χ2n) is 8.07. The number of rotatable bonds is 7. The predicted octanol–water partition coefficient (Wildman–Crippen LogP) is 3.57. The Balaban J connectivity index is 1.73. The smallest absolute Gasteiger partial charge is 0.261 e. The molecule has 1 aliphatic rings. The summed E-state index contributed by atoms with van der Waals surface area (Å²) in [7, 11) is -3.67. The zero-order chi connectivity index (χ0) is 20.4. The molecule has 0 spiro atoms. The lowest BCUT2D eigenvalue weighted by Crippen LogP contribution is -2.35. The van der Waals surface area contributed by atoms with Crippen molar-refractivity contribution >= 4 is 15.7 Å². The molecule has 0 aromatic heterocycles. The van der Waals surface area contributed by atoms with Gasteiger partial charge in [0.1, 0.15) is 0 Å². The van der Waals surface area contributed by atoms with Crippen molar-refractivity contribution in [2.24, 2.45) is 0 Å². The second kappa shape index (κ2) is 8.23. The number of aliphatic hydroxyl groups is 1. The molecule has 0 radical (unpaired) electrons. The third-order valence-corrected chi connectivity index (χ3v) is 6.64. The lowest BCUT2D eigenvalue weighted by Gasteiger charge is -2.26. The van der Waals surface area contributed by atoms with E-state index in [0.717, 1.165) is 32.2 Å². The van der Waals surface area contributed by atoms with E-state index in [1.54, 1.807) is 26.0 Å². The zero-order valence-electron chi connectivity index (χ0n) is 16.8. The number of fused-ring (bicyclic) bond motifs is 1. The van der Waals surface area contributed by atoms with Crippen LogP contribution in [0, 0.1) is 0 Å². The SMILES string of the molecule is CCCNC1CCc2cc(NS(=O)(=O)c3ccc(C(C)(C)O)cc3)ccc2C1. The number of benzene rings is 2. The third-order valence-electron chi connectivity index (χ3n) is 5.24. The van der Waals surface area contributed by atoms with Crippen molar-refractivity contribution in [1.82, 2.24) is 5.32 Å². The van der Waals surface area contributed by atoms with Gasteiger partial charge in [0.15, 0.2) is 0 Å². The number of hydrogen-bond acceptors (Lipinski definition) is 4. The number of aryl methyl sites for hydroxylation is 1. The van der Waals surface area contributed by atoms with Gasteiger partial charge in [-0.25, -0.2) is 8.42 Å². The maximum absolute atomic E-state index is 12.7. The summed E-state index contributed by atoms with van der Waals surface area (Å²) in [5, 5.41) is 13.6. The van der Waals surface area contributed by atoms with E-state index in [2.05, 4.69) is 17.0 Å². The number of nitrogens with one attached hydrogen (secondary N) is 2. The molecule has 0 heterocycles. The largest absolute Gasteiger partial charge is 0.386 e. The van der Waals surface area contributed by atoms with Crippen LogP contribution in [0.3, 0.4) is 0 Å². The maximum Gasteiger partial charge on any atom is 0.261 e. The van der Waals surface area contributed by atoms with Gasteiger partial charge in [0.2, 0.25) is 0 Å². The first-order chi connectivity index (χ1) is 13.2. The van der Waals surface area contributed by atoms with Gasteiger partial charge in [-0.1, -0.05) is 25.1 Å². The molecule has 0 bridgehead atoms. The summed E-state index contributed by atoms with van der Waals surface area (Å²) in [6.07, 6.45) is 4.13. The minimum Gasteiger partial charge on any atom is -0.386 e. The van der Waals surface area contributed by atoms with E-state index in [1.165, 1.54) is 23.3 Å². The molecule has 0 fully saturated rings. The summed E-state index contributed by atoms with van der Waals surface area (Å²) in [5.41, 5.74) is 2.76. The molecular formula is C22H30N2O3S. The monoisotopic (exact) mass is 402 g/mol. The average molecular weight is 403 g/mol. The molecule has 1 unspecified atom stereocenters. The van der Waals surface area contributed by atoms with Gasteiger partial charge in [0.25, 0.3) is 10.0 Å². The normalized spacial score (nSPS) is 17.2. The molecule has 3 N–H and O–H groups in total. The van der Waals surface area contributed by atoms with E-state index in [-0.39, 0.29) is 4.90 Å². The summed E-state index contributed by atoms with van der Waals surface area (Å²) in [4.78, 5) is 0.182. The first kappa shape index (κ1) is 20.8. The Morgan fingerprint density at radius 3 is 2.46 bits per heavy atom. The van der Waals surface area contributed by atoms with Gasteiger partial charge >= 0.3 is 0 Å². The second-order valence-corrected chi connectivity index (χ2v) is 9.75. The molecule has 5 nitrogen and oxygen atoms in total. The van der Waals surface area contributed by atoms with Gasteiger partial charge in [-0.2, -0.15) is 0 Å². The molecule has 1 aliphatic carbocycles. The highest BCUT2D eigenvalue weighted by Crippen LogP contribution is 2.27. The van der Waals surface area contributed by atoms with Crippen molar-refractivity contribution in [2.45, 2.75) is 63.0 Å². The van der Waals surface area contributed by atoms with E-state index in [4.69, 9.17) is 0 Å². The van der Waals surface area contributed by atoms with Crippen LogP contribution in [0.5, 0.6) is 0 Å². The standard InChI is InChI=1S/C22H30N2O3S/c1-4-13-23-19-9-5-17-15-20(10-6-16(17)14-19)24-28(26,27)21-11-7-18(8-12-21)22(2,3)25/h6-8,10-12,15,19,23-25H,4-5,9,13-14H2,1-3H3. The first-order valence-electron chi connectivity index (χ1n) is 9.90. The summed E-state index contributed by atoms with van der Waals surface area (Å²) < 4.78 is 28.1. The van der Waals surface area contributed by atoms with Crippen LogP contribution in [0.25, 0.3) is 0 Å². The highest BCUT2D eigenvalue weighted by Gasteiger charge is 2.21. The lowest BCUT2D eigenvalue weighted by atomic mass is 9.88. The van der Waals surface area contributed by atoms with Crippen molar-refractivity contribution in [3.8, 4) is 0 Å². The molecule has 152 valence electrons. The Kier molecular flexibility index (Phi) is 6.12. The quantitative estimate of drug-likeness (QED) is 0.662. The fourth-order valence-corrected chi connectivity index (χ4v) is 4.65. The van der Waals surface area contributed by atoms with Crippen molar-refractivity contribution in [1.29, 1.82) is 0 Å². The summed E-state index contributed by atoms with van der Waals surface area (Å²) in [6.45, 7) is 6.54. The van der Waals surface area contributed by atoms with Gasteiger partial charge < -0.3 is 10.4 Å². The molecule has 3 rings (SSSR count). The maximum atomic E-state index is 12.7. The van der Waals surface area contributed by atoms with Gasteiger partial charge in [0.05, 0.1) is 10.5 Å². The Morgan fingerprint density at radius 2 is 1.82 bits per heavy atom. The van der Waals surface area contributed by atoms with Crippen molar-refractivity contribution in [3.05, 3.63) is 59.2 Å². The number of sulfonamides is 1. The van der Waals surface area contributed by atoms with Gasteiger partial charge in [0, 0.05) is 11.7 Å². The highest BCUT2D eigenvalue weighted by molar-refractivity contribution is 7.92. The zero-order valence-corrected chi connectivity index (χ0v) is 17.6. The summed E-state index contributed by atoms with van der Waals surface area (Å²) >= 11 is 0. The van der Waals surface area contributed by atoms with Crippen LogP contribution in [0.1, 0.15) is 50.3 Å². The minimum absolute atomic E-state index is 0.182. The van der Waals surface area contributed by atoms with E-state index in [0.29, 0.717) is 17.3 Å². The Bertz CT molecular complexity index is 916. The topological polar surface area (TPSA) is 78.4 Å². The van der Waals surface area contributed by atoms with Crippen LogP contribution >= 0.6 is 0 Å². The van der Waals surface area contributed by atoms with Crippen molar-refractivity contribution < 1.29 is 13.5 Å². The molecule has 28 heavy (non-hydrogen) atoms. The first-order valence-corrected chi connectivity index (χ1v) is 11.4. The fraction of sp³-hybridized carbons (Fsp3) is 0.455. The van der Waals surface area contributed by atoms with Gasteiger partial charge in [-0.3, -0.25) is 4.72 Å². The van der Waals surface area contributed by atoms with Crippen LogP contribution < -0.4 is 10.0 Å². The molecular weight excluding hydrogens is 372 g/mol. The van der Waals surface area contributed by atoms with Crippen LogP contribution in [-0.2, 0) is 28.5 Å². The predicted molar refractivity (Wildman–Crippen MR) is 113 cm³/mol. The average Bonchev–Trinajstić information content (AvgIpc) is 2.65. The lowest BCUT2D eigenvalue weighted by molar-refractivity contribution is 0.0785. The van der Waals surface area contributed by atoms with E-state index < -0.39 is 15.6 Å². The van der Waals surface area contributed by atoms with E-state index in [1.807, 2.05) is 18.2 Å². The minimum atomic E-state index is -3.67. The highest BCUT2D eigenvalue weighted by atomic mass is 32.2. The molecule has 1 atom stereocenters. The molecule has 0 aliphatic heterocycles. The van der Waals surface area contributed by atoms with Crippen LogP contribution in [0.4, 0.5) is 5.69 Å². The van der Waals surface area contributed by atoms with Crippen LogP contribution in [0.2, 0.25) is 0 Å². The molecule has 2 aromatic rings. The van der Waals surface area contributed by atoms with E-state index in [9.17, 15) is 13.5 Å². The molecule has 0 saturated carbocycles. The third kappa shape index (κ3) is 4.93. The van der Waals surface area contributed by atoms with E-state index >= 15 is 0 Å². The van der Waals surface area contributed by atoms with Gasteiger partial charge in [-0.15, -0.1) is 0 Å². The fourth-order valence-electron chi connectivity index (χ4n) is 3.60. The Hall–Kier alpha value is -1.89. The van der Waals surface area contributed by atoms with Crippen molar-refractivity contribution in [2.75, 3.05) is 11.3 Å². The molecule has 0 saturated heterocycles. The Morgan fingerprint density at radius 1 is 1.11 bits per heavy atom. The summed E-state index contributed by atoms with van der Waals surface area (Å²) in [6, 6.07) is 12.7.